The van der Waals surface area contributed by atoms with Gasteiger partial charge in [0.2, 0.25) is 11.8 Å². The molecule has 0 atom stereocenters. The van der Waals surface area contributed by atoms with Crippen LogP contribution < -0.4 is 16.4 Å². The largest absolute Gasteiger partial charge is 0.374 e. The predicted molar refractivity (Wildman–Crippen MR) is 72.9 cm³/mol. The number of nitrogens with two attached hydrogens (primary N) is 1. The lowest BCUT2D eigenvalue weighted by atomic mass is 10.2. The van der Waals surface area contributed by atoms with E-state index in [1.807, 2.05) is 0 Å². The number of nitrogens with one attached hydrogen (secondary N) is 2. The molecule has 0 saturated carbocycles. The maximum atomic E-state index is 13.7. The number of benzene rings is 1. The summed E-state index contributed by atoms with van der Waals surface area (Å²) in [6.45, 7) is 2.88. The fraction of sp³-hybridized carbons (Fsp3) is 0.385. The lowest BCUT2D eigenvalue weighted by molar-refractivity contribution is -0.129. The van der Waals surface area contributed by atoms with E-state index in [-0.39, 0.29) is 23.7 Å². The van der Waals surface area contributed by atoms with Crippen LogP contribution in [0.4, 0.5) is 10.1 Å². The lowest BCUT2D eigenvalue weighted by Crippen LogP contribution is -2.48. The average molecular weight is 280 g/mol. The molecule has 1 aromatic rings. The topological polar surface area (TPSA) is 87.5 Å². The Kier molecular flexibility index (Phi) is 4.52. The lowest BCUT2D eigenvalue weighted by Gasteiger charge is -2.27. The number of halogens is 1. The summed E-state index contributed by atoms with van der Waals surface area (Å²) in [5.74, 6) is -1.37. The van der Waals surface area contributed by atoms with Gasteiger partial charge in [-0.05, 0) is 18.2 Å². The molecule has 1 saturated heterocycles. The summed E-state index contributed by atoms with van der Waals surface area (Å²) in [4.78, 5) is 24.5. The van der Waals surface area contributed by atoms with Gasteiger partial charge >= 0.3 is 0 Å². The van der Waals surface area contributed by atoms with Crippen molar-refractivity contribution in [3.05, 3.63) is 29.6 Å². The number of anilines is 1. The summed E-state index contributed by atoms with van der Waals surface area (Å²) in [5, 5.41) is 5.89. The van der Waals surface area contributed by atoms with Crippen molar-refractivity contribution in [1.82, 2.24) is 10.2 Å². The minimum absolute atomic E-state index is 0.0207. The van der Waals surface area contributed by atoms with E-state index in [9.17, 15) is 14.0 Å². The summed E-state index contributed by atoms with van der Waals surface area (Å²) in [6.07, 6.45) is 0. The third-order valence-corrected chi connectivity index (χ3v) is 3.15. The van der Waals surface area contributed by atoms with Gasteiger partial charge in [0.05, 0.1) is 12.2 Å². The molecule has 1 heterocycles. The van der Waals surface area contributed by atoms with Gasteiger partial charge in [0, 0.05) is 31.7 Å². The SMILES string of the molecule is NC(=O)c1ccc(NCC(=O)N2CCNCC2)c(F)c1. The van der Waals surface area contributed by atoms with Gasteiger partial charge in [-0.2, -0.15) is 0 Å². The van der Waals surface area contributed by atoms with E-state index in [1.165, 1.54) is 12.1 Å². The fourth-order valence-corrected chi connectivity index (χ4v) is 2.01. The number of piperazine rings is 1. The molecule has 7 heteroatoms. The van der Waals surface area contributed by atoms with Crippen molar-refractivity contribution < 1.29 is 14.0 Å². The Bertz CT molecular complexity index is 515. The highest BCUT2D eigenvalue weighted by Crippen LogP contribution is 2.15. The maximum absolute atomic E-state index is 13.7. The van der Waals surface area contributed by atoms with Gasteiger partial charge in [-0.1, -0.05) is 0 Å². The van der Waals surface area contributed by atoms with Crippen molar-refractivity contribution in [1.29, 1.82) is 0 Å². The molecule has 0 spiro atoms. The molecule has 1 fully saturated rings. The Morgan fingerprint density at radius 3 is 2.65 bits per heavy atom. The molecular weight excluding hydrogens is 263 g/mol. The molecule has 1 aliphatic heterocycles. The zero-order valence-electron chi connectivity index (χ0n) is 11.0. The zero-order chi connectivity index (χ0) is 14.5. The first-order valence-electron chi connectivity index (χ1n) is 6.39. The van der Waals surface area contributed by atoms with Crippen molar-refractivity contribution in [2.75, 3.05) is 38.0 Å². The van der Waals surface area contributed by atoms with Gasteiger partial charge in [0.25, 0.3) is 0 Å². The Balaban J connectivity index is 1.93. The normalized spacial score (nSPS) is 14.9. The van der Waals surface area contributed by atoms with Gasteiger partial charge in [0.15, 0.2) is 0 Å². The van der Waals surface area contributed by atoms with Crippen LogP contribution in [0.15, 0.2) is 18.2 Å². The van der Waals surface area contributed by atoms with Gasteiger partial charge in [-0.15, -0.1) is 0 Å². The summed E-state index contributed by atoms with van der Waals surface area (Å²) in [5.41, 5.74) is 5.34. The molecular formula is C13H17FN4O2. The van der Waals surface area contributed by atoms with E-state index in [0.717, 1.165) is 19.2 Å². The molecule has 0 bridgehead atoms. The first kappa shape index (κ1) is 14.3. The van der Waals surface area contributed by atoms with E-state index in [0.29, 0.717) is 13.1 Å². The Labute approximate surface area is 116 Å². The second-order valence-electron chi connectivity index (χ2n) is 4.54. The number of carbonyl (C=O) groups excluding carboxylic acids is 2. The Hall–Kier alpha value is -2.15. The molecule has 108 valence electrons. The molecule has 20 heavy (non-hydrogen) atoms. The molecule has 4 N–H and O–H groups in total. The van der Waals surface area contributed by atoms with Crippen LogP contribution in [0.3, 0.4) is 0 Å². The molecule has 0 unspecified atom stereocenters. The van der Waals surface area contributed by atoms with Crippen LogP contribution in [-0.2, 0) is 4.79 Å². The first-order valence-corrected chi connectivity index (χ1v) is 6.39. The monoisotopic (exact) mass is 280 g/mol. The number of amides is 2. The van der Waals surface area contributed by atoms with Gasteiger partial charge in [0.1, 0.15) is 5.82 Å². The van der Waals surface area contributed by atoms with Crippen molar-refractivity contribution in [3.63, 3.8) is 0 Å². The van der Waals surface area contributed by atoms with E-state index in [1.54, 1.807) is 4.90 Å². The van der Waals surface area contributed by atoms with Crippen LogP contribution in [0.1, 0.15) is 10.4 Å². The number of nitrogens with zero attached hydrogens (tertiary/aromatic N) is 1. The summed E-state index contributed by atoms with van der Waals surface area (Å²) >= 11 is 0. The van der Waals surface area contributed by atoms with Crippen molar-refractivity contribution >= 4 is 17.5 Å². The van der Waals surface area contributed by atoms with Gasteiger partial charge < -0.3 is 21.3 Å². The van der Waals surface area contributed by atoms with Crippen LogP contribution in [0.5, 0.6) is 0 Å². The fourth-order valence-electron chi connectivity index (χ4n) is 2.01. The van der Waals surface area contributed by atoms with Crippen molar-refractivity contribution in [2.45, 2.75) is 0 Å². The van der Waals surface area contributed by atoms with Crippen molar-refractivity contribution in [3.8, 4) is 0 Å². The molecule has 2 rings (SSSR count). The number of primary amides is 1. The highest BCUT2D eigenvalue weighted by Gasteiger charge is 2.16. The Morgan fingerprint density at radius 1 is 1.35 bits per heavy atom. The number of hydrogen-bond acceptors (Lipinski definition) is 4. The molecule has 6 nitrogen and oxygen atoms in total. The summed E-state index contributed by atoms with van der Waals surface area (Å²) in [7, 11) is 0. The minimum atomic E-state index is -0.688. The predicted octanol–water partition coefficient (Wildman–Crippen LogP) is -0.232. The number of rotatable bonds is 4. The first-order chi connectivity index (χ1) is 9.58. The molecule has 1 aliphatic rings. The number of carbonyl (C=O) groups is 2. The van der Waals surface area contributed by atoms with E-state index < -0.39 is 11.7 Å². The highest BCUT2D eigenvalue weighted by atomic mass is 19.1. The van der Waals surface area contributed by atoms with Gasteiger partial charge in [-0.3, -0.25) is 9.59 Å². The molecule has 0 aliphatic carbocycles. The zero-order valence-corrected chi connectivity index (χ0v) is 11.0. The third-order valence-electron chi connectivity index (χ3n) is 3.15. The summed E-state index contributed by atoms with van der Waals surface area (Å²) < 4.78 is 13.7. The second kappa shape index (κ2) is 6.33. The standard InChI is InChI=1S/C13H17FN4O2/c14-10-7-9(13(15)20)1-2-11(10)17-8-12(19)18-5-3-16-4-6-18/h1-2,7,16-17H,3-6,8H2,(H2,15,20). The maximum Gasteiger partial charge on any atom is 0.248 e. The summed E-state index contributed by atoms with van der Waals surface area (Å²) in [6, 6.07) is 3.88. The minimum Gasteiger partial charge on any atom is -0.374 e. The number of hydrogen-bond donors (Lipinski definition) is 3. The smallest absolute Gasteiger partial charge is 0.248 e. The molecule has 0 radical (unpaired) electrons. The molecule has 1 aromatic carbocycles. The van der Waals surface area contributed by atoms with Crippen LogP contribution in [-0.4, -0.2) is 49.4 Å². The highest BCUT2D eigenvalue weighted by molar-refractivity contribution is 5.93. The van der Waals surface area contributed by atoms with E-state index in [4.69, 9.17) is 5.73 Å². The van der Waals surface area contributed by atoms with Crippen LogP contribution >= 0.6 is 0 Å². The van der Waals surface area contributed by atoms with Crippen LogP contribution in [0, 0.1) is 5.82 Å². The van der Waals surface area contributed by atoms with E-state index >= 15 is 0 Å². The molecule has 0 aromatic heterocycles. The second-order valence-corrected chi connectivity index (χ2v) is 4.54. The average Bonchev–Trinajstić information content (AvgIpc) is 2.46. The molecule has 2 amide bonds. The third kappa shape index (κ3) is 3.45. The van der Waals surface area contributed by atoms with Crippen molar-refractivity contribution in [2.24, 2.45) is 5.73 Å². The van der Waals surface area contributed by atoms with Crippen LogP contribution in [0.2, 0.25) is 0 Å². The Morgan fingerprint density at radius 2 is 2.05 bits per heavy atom. The van der Waals surface area contributed by atoms with E-state index in [2.05, 4.69) is 10.6 Å². The van der Waals surface area contributed by atoms with Crippen LogP contribution in [0.25, 0.3) is 0 Å². The van der Waals surface area contributed by atoms with Gasteiger partial charge in [-0.25, -0.2) is 4.39 Å². The quantitative estimate of drug-likeness (QED) is 0.711.